The van der Waals surface area contributed by atoms with E-state index in [0.717, 1.165) is 0 Å². The van der Waals surface area contributed by atoms with Crippen LogP contribution < -0.4 is 4.57 Å². The molecule has 176 valence electrons. The van der Waals surface area contributed by atoms with Crippen LogP contribution >= 0.6 is 0 Å². The van der Waals surface area contributed by atoms with Crippen LogP contribution in [-0.2, 0) is 7.05 Å². The number of aromatic nitrogens is 1. The molecule has 0 amide bonds. The number of benzene rings is 3. The number of hydrogen-bond donors (Lipinski definition) is 0. The fourth-order valence-corrected chi connectivity index (χ4v) is 7.17. The summed E-state index contributed by atoms with van der Waals surface area (Å²) >= 11 is 0. The van der Waals surface area contributed by atoms with Crippen LogP contribution in [0.25, 0.3) is 32.8 Å². The van der Waals surface area contributed by atoms with Gasteiger partial charge in [-0.05, 0) is 96.4 Å². The molecule has 0 saturated heterocycles. The fourth-order valence-electron chi connectivity index (χ4n) is 7.17. The average Bonchev–Trinajstić information content (AvgIpc) is 2.73. The van der Waals surface area contributed by atoms with Gasteiger partial charge in [0.15, 0.2) is 6.20 Å². The lowest BCUT2D eigenvalue weighted by atomic mass is 9.60. The molecule has 0 radical (unpaired) electrons. The Morgan fingerprint density at radius 1 is 0.765 bits per heavy atom. The number of hydrogen-bond acceptors (Lipinski definition) is 0. The molecule has 1 aliphatic rings. The Morgan fingerprint density at radius 3 is 2.15 bits per heavy atom. The minimum absolute atomic E-state index is 0.401. The van der Waals surface area contributed by atoms with Gasteiger partial charge in [-0.1, -0.05) is 63.6 Å². The first-order chi connectivity index (χ1) is 15.9. The number of nitrogens with zero attached hydrogens (tertiary/aromatic N) is 1. The molecule has 1 fully saturated rings. The highest BCUT2D eigenvalue weighted by Gasteiger charge is 2.38. The molecule has 5 rings (SSSR count). The molecule has 4 aromatic rings. The van der Waals surface area contributed by atoms with E-state index >= 15 is 0 Å². The Hall–Kier alpha value is -2.67. The largest absolute Gasteiger partial charge is 0.220 e. The smallest absolute Gasteiger partial charge is 0.200 e. The summed E-state index contributed by atoms with van der Waals surface area (Å²) in [5, 5.41) is 5.40. The van der Waals surface area contributed by atoms with Crippen molar-refractivity contribution in [2.24, 2.45) is 17.9 Å². The summed E-state index contributed by atoms with van der Waals surface area (Å²) in [5.74, 6) is 0.640. The van der Waals surface area contributed by atoms with Crippen molar-refractivity contribution >= 4 is 21.5 Å². The molecule has 1 saturated carbocycles. The highest BCUT2D eigenvalue weighted by atomic mass is 14.9. The Bertz CT molecular complexity index is 1400. The predicted molar refractivity (Wildman–Crippen MR) is 146 cm³/mol. The SMILES string of the molecule is Cc1cc(C)c(C)c(-c2c3ccc4cc(C5CC(C)(C)CC(C)(C)C5)ccc4c3cc[n+]2C)c1. The summed E-state index contributed by atoms with van der Waals surface area (Å²) in [6.45, 7) is 16.5. The number of rotatable bonds is 2. The molecule has 34 heavy (non-hydrogen) atoms. The van der Waals surface area contributed by atoms with Crippen molar-refractivity contribution in [3.8, 4) is 11.3 Å². The quantitative estimate of drug-likeness (QED) is 0.212. The Balaban J connectivity index is 1.66. The van der Waals surface area contributed by atoms with Gasteiger partial charge in [-0.25, -0.2) is 4.57 Å². The van der Waals surface area contributed by atoms with Crippen LogP contribution in [0.15, 0.2) is 54.7 Å². The molecule has 1 heterocycles. The van der Waals surface area contributed by atoms with E-state index in [1.54, 1.807) is 0 Å². The maximum atomic E-state index is 2.48. The summed E-state index contributed by atoms with van der Waals surface area (Å²) in [7, 11) is 2.17. The van der Waals surface area contributed by atoms with E-state index < -0.39 is 0 Å². The second-order valence-corrected chi connectivity index (χ2v) is 12.6. The third-order valence-electron chi connectivity index (χ3n) is 8.25. The van der Waals surface area contributed by atoms with E-state index in [9.17, 15) is 0 Å². The fraction of sp³-hybridized carbons (Fsp3) is 0.424. The molecule has 0 unspecified atom stereocenters. The third-order valence-corrected chi connectivity index (χ3v) is 8.25. The van der Waals surface area contributed by atoms with E-state index in [1.807, 2.05) is 0 Å². The minimum atomic E-state index is 0.401. The minimum Gasteiger partial charge on any atom is -0.200 e. The van der Waals surface area contributed by atoms with Crippen molar-refractivity contribution in [1.82, 2.24) is 0 Å². The van der Waals surface area contributed by atoms with E-state index in [4.69, 9.17) is 0 Å². The monoisotopic (exact) mass is 450 g/mol. The molecule has 0 bridgehead atoms. The zero-order chi connectivity index (χ0) is 24.4. The lowest BCUT2D eigenvalue weighted by Gasteiger charge is -2.45. The van der Waals surface area contributed by atoms with Crippen LogP contribution in [0.2, 0.25) is 0 Å². The van der Waals surface area contributed by atoms with Crippen molar-refractivity contribution < 1.29 is 4.57 Å². The molecule has 1 heteroatoms. The molecule has 0 spiro atoms. The molecule has 3 aromatic carbocycles. The first-order valence-electron chi connectivity index (χ1n) is 12.9. The first kappa shape index (κ1) is 23.1. The Kier molecular flexibility index (Phi) is 5.39. The highest BCUT2D eigenvalue weighted by molar-refractivity contribution is 6.10. The maximum Gasteiger partial charge on any atom is 0.220 e. The van der Waals surface area contributed by atoms with Gasteiger partial charge in [-0.3, -0.25) is 0 Å². The standard InChI is InChI=1S/C33H40N/c1-21-15-22(2)23(3)30(16-21)31-29-12-10-25-17-24(9-11-27(25)28(29)13-14-34(31)8)26-18-32(4,5)20-33(6,7)19-26/h9-17,26H,18-20H2,1-8H3/q+1. The second-order valence-electron chi connectivity index (χ2n) is 12.6. The van der Waals surface area contributed by atoms with Gasteiger partial charge in [0.25, 0.3) is 0 Å². The summed E-state index contributed by atoms with van der Waals surface area (Å²) in [6, 6.07) is 18.9. The first-order valence-corrected chi connectivity index (χ1v) is 12.9. The van der Waals surface area contributed by atoms with Gasteiger partial charge in [0.05, 0.1) is 10.9 Å². The van der Waals surface area contributed by atoms with Crippen molar-refractivity contribution in [3.63, 3.8) is 0 Å². The zero-order valence-electron chi connectivity index (χ0n) is 22.3. The molecule has 1 aliphatic carbocycles. The van der Waals surface area contributed by atoms with Gasteiger partial charge in [-0.15, -0.1) is 0 Å². The topological polar surface area (TPSA) is 3.88 Å². The van der Waals surface area contributed by atoms with Crippen LogP contribution in [-0.4, -0.2) is 0 Å². The summed E-state index contributed by atoms with van der Waals surface area (Å²) in [6.07, 6.45) is 6.10. The van der Waals surface area contributed by atoms with Gasteiger partial charge >= 0.3 is 0 Å². The van der Waals surface area contributed by atoms with Crippen molar-refractivity contribution in [2.45, 2.75) is 73.6 Å². The predicted octanol–water partition coefficient (Wildman–Crippen LogP) is 8.73. The van der Waals surface area contributed by atoms with Gasteiger partial charge in [0.1, 0.15) is 7.05 Å². The van der Waals surface area contributed by atoms with Crippen molar-refractivity contribution in [3.05, 3.63) is 77.0 Å². The zero-order valence-corrected chi connectivity index (χ0v) is 22.3. The van der Waals surface area contributed by atoms with Crippen LogP contribution in [0.3, 0.4) is 0 Å². The Morgan fingerprint density at radius 2 is 1.44 bits per heavy atom. The molecule has 0 atom stereocenters. The van der Waals surface area contributed by atoms with E-state index in [2.05, 4.69) is 115 Å². The van der Waals surface area contributed by atoms with Gasteiger partial charge < -0.3 is 0 Å². The van der Waals surface area contributed by atoms with E-state index in [0.29, 0.717) is 16.7 Å². The lowest BCUT2D eigenvalue weighted by molar-refractivity contribution is -0.659. The van der Waals surface area contributed by atoms with E-state index in [1.165, 1.54) is 74.3 Å². The number of pyridine rings is 1. The van der Waals surface area contributed by atoms with Crippen molar-refractivity contribution in [2.75, 3.05) is 0 Å². The van der Waals surface area contributed by atoms with Gasteiger partial charge in [-0.2, -0.15) is 0 Å². The highest BCUT2D eigenvalue weighted by Crippen LogP contribution is 2.52. The normalized spacial score (nSPS) is 18.0. The van der Waals surface area contributed by atoms with Gasteiger partial charge in [0, 0.05) is 11.5 Å². The van der Waals surface area contributed by atoms with Crippen LogP contribution in [0, 0.1) is 31.6 Å². The summed E-state index contributed by atoms with van der Waals surface area (Å²) in [5.41, 5.74) is 9.01. The summed E-state index contributed by atoms with van der Waals surface area (Å²) in [4.78, 5) is 0. The lowest BCUT2D eigenvalue weighted by Crippen LogP contribution is -2.32. The van der Waals surface area contributed by atoms with E-state index in [-0.39, 0.29) is 0 Å². The molecular formula is C33H40N+. The molecule has 0 N–H and O–H groups in total. The number of fused-ring (bicyclic) bond motifs is 3. The van der Waals surface area contributed by atoms with Gasteiger partial charge in [0.2, 0.25) is 5.69 Å². The van der Waals surface area contributed by atoms with Crippen LogP contribution in [0.4, 0.5) is 0 Å². The Labute approximate surface area is 205 Å². The molecule has 1 aromatic heterocycles. The van der Waals surface area contributed by atoms with Crippen molar-refractivity contribution in [1.29, 1.82) is 0 Å². The van der Waals surface area contributed by atoms with Crippen LogP contribution in [0.5, 0.6) is 0 Å². The average molecular weight is 451 g/mol. The third kappa shape index (κ3) is 4.04. The maximum absolute atomic E-state index is 2.48. The number of aryl methyl sites for hydroxylation is 3. The molecular weight excluding hydrogens is 410 g/mol. The summed E-state index contributed by atoms with van der Waals surface area (Å²) < 4.78 is 2.29. The second kappa shape index (κ2) is 7.94. The molecule has 1 nitrogen and oxygen atoms in total. The van der Waals surface area contributed by atoms with Crippen LogP contribution in [0.1, 0.15) is 75.1 Å². The molecule has 0 aliphatic heterocycles.